The van der Waals surface area contributed by atoms with E-state index in [-0.39, 0.29) is 24.2 Å². The van der Waals surface area contributed by atoms with Crippen molar-refractivity contribution in [2.45, 2.75) is 58.2 Å². The number of methoxy groups -OCH3 is 1. The Balaban J connectivity index is 1.63. The molecule has 0 spiro atoms. The van der Waals surface area contributed by atoms with Crippen molar-refractivity contribution in [1.82, 2.24) is 15.2 Å². The third-order valence-corrected chi connectivity index (χ3v) is 6.34. The lowest BCUT2D eigenvalue weighted by atomic mass is 9.96. The highest BCUT2D eigenvalue weighted by atomic mass is 16.5. The molecule has 0 bridgehead atoms. The van der Waals surface area contributed by atoms with Crippen LogP contribution in [-0.4, -0.2) is 35.7 Å². The molecule has 180 valence electrons. The zero-order chi connectivity index (χ0) is 23.9. The van der Waals surface area contributed by atoms with Crippen molar-refractivity contribution >= 4 is 16.9 Å². The molecule has 0 aliphatic heterocycles. The van der Waals surface area contributed by atoms with Crippen LogP contribution in [0.5, 0.6) is 11.5 Å². The van der Waals surface area contributed by atoms with Crippen LogP contribution in [0.4, 0.5) is 4.79 Å². The van der Waals surface area contributed by atoms with Gasteiger partial charge in [0.1, 0.15) is 11.5 Å². The molecule has 0 saturated heterocycles. The van der Waals surface area contributed by atoms with Crippen molar-refractivity contribution in [1.29, 1.82) is 0 Å². The molecule has 0 radical (unpaired) electrons. The number of benzene rings is 2. The quantitative estimate of drug-likeness (QED) is 0.494. The number of para-hydroxylation sites is 1. The Bertz CT molecular complexity index is 1180. The van der Waals surface area contributed by atoms with Gasteiger partial charge in [0.15, 0.2) is 0 Å². The smallest absolute Gasteiger partial charge is 0.318 e. The van der Waals surface area contributed by atoms with Crippen LogP contribution < -0.4 is 20.3 Å². The van der Waals surface area contributed by atoms with Crippen LogP contribution >= 0.6 is 0 Å². The number of ether oxygens (including phenoxy) is 2. The molecule has 2 aromatic carbocycles. The molecule has 0 unspecified atom stereocenters. The SMILES string of the molecule is CCOc1ccc2[nH]c(=O)c(CN(Cc3ccccc3OC)C(=O)NC3CCCCC3)cc2c1. The van der Waals surface area contributed by atoms with Gasteiger partial charge in [0.05, 0.1) is 26.8 Å². The maximum absolute atomic E-state index is 13.4. The first-order valence-electron chi connectivity index (χ1n) is 12.0. The van der Waals surface area contributed by atoms with E-state index in [4.69, 9.17) is 9.47 Å². The van der Waals surface area contributed by atoms with Gasteiger partial charge >= 0.3 is 6.03 Å². The van der Waals surface area contributed by atoms with Gasteiger partial charge in [-0.05, 0) is 50.1 Å². The molecule has 1 aliphatic rings. The molecule has 1 saturated carbocycles. The number of H-pyrrole nitrogens is 1. The standard InChI is InChI=1S/C27H33N3O4/c1-3-34-23-13-14-24-20(16-23)15-21(26(31)29-24)18-30(17-19-9-7-8-12-25(19)33-2)27(32)28-22-10-5-4-6-11-22/h7-9,12-16,22H,3-6,10-11,17-18H2,1-2H3,(H,28,32)(H,29,31). The summed E-state index contributed by atoms with van der Waals surface area (Å²) in [5.74, 6) is 1.46. The number of hydrogen-bond donors (Lipinski definition) is 2. The zero-order valence-electron chi connectivity index (χ0n) is 19.9. The molecule has 2 amide bonds. The number of carbonyl (C=O) groups excluding carboxylic acids is 1. The predicted molar refractivity (Wildman–Crippen MR) is 133 cm³/mol. The summed E-state index contributed by atoms with van der Waals surface area (Å²) in [6.45, 7) is 3.01. The highest BCUT2D eigenvalue weighted by Gasteiger charge is 2.22. The zero-order valence-corrected chi connectivity index (χ0v) is 19.9. The van der Waals surface area contributed by atoms with Crippen LogP contribution in [0, 0.1) is 0 Å². The summed E-state index contributed by atoms with van der Waals surface area (Å²) in [5.41, 5.74) is 1.95. The molecular weight excluding hydrogens is 430 g/mol. The molecule has 1 aromatic heterocycles. The minimum Gasteiger partial charge on any atom is -0.496 e. The number of nitrogens with one attached hydrogen (secondary N) is 2. The lowest BCUT2D eigenvalue weighted by molar-refractivity contribution is 0.183. The molecule has 2 N–H and O–H groups in total. The molecular formula is C27H33N3O4. The van der Waals surface area contributed by atoms with Crippen LogP contribution in [0.2, 0.25) is 0 Å². The molecule has 34 heavy (non-hydrogen) atoms. The van der Waals surface area contributed by atoms with Crippen molar-refractivity contribution in [3.05, 3.63) is 70.0 Å². The molecule has 1 fully saturated rings. The van der Waals surface area contributed by atoms with E-state index in [9.17, 15) is 9.59 Å². The molecule has 4 rings (SSSR count). The summed E-state index contributed by atoms with van der Waals surface area (Å²) in [7, 11) is 1.62. The summed E-state index contributed by atoms with van der Waals surface area (Å²) in [4.78, 5) is 30.9. The van der Waals surface area contributed by atoms with E-state index < -0.39 is 0 Å². The summed E-state index contributed by atoms with van der Waals surface area (Å²) in [6, 6.07) is 15.1. The van der Waals surface area contributed by atoms with Gasteiger partial charge in [-0.25, -0.2) is 4.79 Å². The van der Waals surface area contributed by atoms with Crippen molar-refractivity contribution in [2.24, 2.45) is 0 Å². The van der Waals surface area contributed by atoms with E-state index in [1.165, 1.54) is 6.42 Å². The fourth-order valence-electron chi connectivity index (χ4n) is 4.56. The number of aromatic amines is 1. The number of aromatic nitrogens is 1. The highest BCUT2D eigenvalue weighted by molar-refractivity contribution is 5.81. The third kappa shape index (κ3) is 5.71. The van der Waals surface area contributed by atoms with Crippen LogP contribution in [-0.2, 0) is 13.1 Å². The van der Waals surface area contributed by atoms with Gasteiger partial charge in [0.25, 0.3) is 5.56 Å². The van der Waals surface area contributed by atoms with Crippen molar-refractivity contribution in [3.8, 4) is 11.5 Å². The fraction of sp³-hybridized carbons (Fsp3) is 0.407. The Morgan fingerprint density at radius 3 is 2.59 bits per heavy atom. The summed E-state index contributed by atoms with van der Waals surface area (Å²) < 4.78 is 11.1. The van der Waals surface area contributed by atoms with E-state index in [0.29, 0.717) is 24.5 Å². The van der Waals surface area contributed by atoms with Gasteiger partial charge < -0.3 is 24.7 Å². The maximum atomic E-state index is 13.4. The van der Waals surface area contributed by atoms with Gasteiger partial charge in [-0.3, -0.25) is 4.79 Å². The number of nitrogens with zero attached hydrogens (tertiary/aromatic N) is 1. The van der Waals surface area contributed by atoms with Crippen LogP contribution in [0.3, 0.4) is 0 Å². The Morgan fingerprint density at radius 1 is 1.06 bits per heavy atom. The van der Waals surface area contributed by atoms with Crippen LogP contribution in [0.25, 0.3) is 10.9 Å². The van der Waals surface area contributed by atoms with Gasteiger partial charge in [-0.2, -0.15) is 0 Å². The van der Waals surface area contributed by atoms with Crippen molar-refractivity contribution < 1.29 is 14.3 Å². The number of fused-ring (bicyclic) bond motifs is 1. The summed E-state index contributed by atoms with van der Waals surface area (Å²) >= 11 is 0. The van der Waals surface area contributed by atoms with E-state index >= 15 is 0 Å². The minimum atomic E-state index is -0.202. The Kier molecular flexibility index (Phi) is 7.72. The highest BCUT2D eigenvalue weighted by Crippen LogP contribution is 2.23. The number of hydrogen-bond acceptors (Lipinski definition) is 4. The van der Waals surface area contributed by atoms with Gasteiger partial charge in [-0.1, -0.05) is 37.5 Å². The molecule has 0 atom stereocenters. The Labute approximate surface area is 200 Å². The Hall–Kier alpha value is -3.48. The topological polar surface area (TPSA) is 83.7 Å². The number of rotatable bonds is 8. The monoisotopic (exact) mass is 463 g/mol. The van der Waals surface area contributed by atoms with E-state index in [0.717, 1.165) is 47.9 Å². The normalized spacial score (nSPS) is 14.1. The number of pyridine rings is 1. The molecule has 3 aromatic rings. The minimum absolute atomic E-state index is 0.166. The maximum Gasteiger partial charge on any atom is 0.318 e. The predicted octanol–water partition coefficient (Wildman–Crippen LogP) is 4.98. The number of amides is 2. The number of urea groups is 1. The second kappa shape index (κ2) is 11.1. The first-order valence-corrected chi connectivity index (χ1v) is 12.0. The molecule has 1 aliphatic carbocycles. The van der Waals surface area contributed by atoms with Gasteiger partial charge in [-0.15, -0.1) is 0 Å². The van der Waals surface area contributed by atoms with Crippen LogP contribution in [0.15, 0.2) is 53.3 Å². The lowest BCUT2D eigenvalue weighted by Crippen LogP contribution is -2.45. The van der Waals surface area contributed by atoms with E-state index in [1.54, 1.807) is 12.0 Å². The molecule has 7 heteroatoms. The fourth-order valence-corrected chi connectivity index (χ4v) is 4.56. The molecule has 7 nitrogen and oxygen atoms in total. The summed E-state index contributed by atoms with van der Waals surface area (Å²) in [6.07, 6.45) is 5.46. The second-order valence-corrected chi connectivity index (χ2v) is 8.76. The first-order chi connectivity index (χ1) is 16.6. The van der Waals surface area contributed by atoms with E-state index in [1.807, 2.05) is 55.5 Å². The third-order valence-electron chi connectivity index (χ3n) is 6.34. The second-order valence-electron chi connectivity index (χ2n) is 8.76. The van der Waals surface area contributed by atoms with Crippen molar-refractivity contribution in [3.63, 3.8) is 0 Å². The molecule has 1 heterocycles. The van der Waals surface area contributed by atoms with Gasteiger partial charge in [0, 0.05) is 28.1 Å². The first kappa shape index (κ1) is 23.7. The summed E-state index contributed by atoms with van der Waals surface area (Å²) in [5, 5.41) is 4.06. The van der Waals surface area contributed by atoms with Crippen LogP contribution in [0.1, 0.15) is 50.2 Å². The average Bonchev–Trinajstić information content (AvgIpc) is 2.85. The largest absolute Gasteiger partial charge is 0.496 e. The van der Waals surface area contributed by atoms with Gasteiger partial charge in [0.2, 0.25) is 0 Å². The van der Waals surface area contributed by atoms with Crippen molar-refractivity contribution in [2.75, 3.05) is 13.7 Å². The lowest BCUT2D eigenvalue weighted by Gasteiger charge is -2.29. The van der Waals surface area contributed by atoms with E-state index in [2.05, 4.69) is 10.3 Å². The average molecular weight is 464 g/mol. The number of carbonyl (C=O) groups is 1. The Morgan fingerprint density at radius 2 is 1.82 bits per heavy atom.